The average Bonchev–Trinajstić information content (AvgIpc) is 2.64. The summed E-state index contributed by atoms with van der Waals surface area (Å²) in [6.07, 6.45) is 1.20. The molecule has 2 aromatic carbocycles. The van der Waals surface area contributed by atoms with Crippen molar-refractivity contribution in [3.8, 4) is 11.3 Å². The number of amides is 1. The first-order valence-electron chi connectivity index (χ1n) is 7.79. The molecular weight excluding hydrogens is 360 g/mol. The Morgan fingerprint density at radius 3 is 2.58 bits per heavy atom. The van der Waals surface area contributed by atoms with Gasteiger partial charge in [0, 0.05) is 16.1 Å². The van der Waals surface area contributed by atoms with Gasteiger partial charge in [0.15, 0.2) is 0 Å². The molecule has 4 nitrogen and oxygen atoms in total. The van der Waals surface area contributed by atoms with E-state index < -0.39 is 5.82 Å². The summed E-state index contributed by atoms with van der Waals surface area (Å²) in [6, 6.07) is 11.9. The third-order valence-electron chi connectivity index (χ3n) is 3.73. The van der Waals surface area contributed by atoms with Gasteiger partial charge in [0.1, 0.15) is 18.0 Å². The summed E-state index contributed by atoms with van der Waals surface area (Å²) < 4.78 is 26.7. The smallest absolute Gasteiger partial charge is 0.224 e. The Morgan fingerprint density at radius 2 is 1.85 bits per heavy atom. The molecule has 1 aromatic heterocycles. The Labute approximate surface area is 153 Å². The maximum Gasteiger partial charge on any atom is 0.224 e. The molecule has 0 spiro atoms. The highest BCUT2D eigenvalue weighted by Crippen LogP contribution is 2.20. The third-order valence-corrected chi connectivity index (χ3v) is 4.08. The highest BCUT2D eigenvalue weighted by atomic mass is 35.5. The molecule has 0 saturated heterocycles. The minimum Gasteiger partial charge on any atom is -0.350 e. The summed E-state index contributed by atoms with van der Waals surface area (Å²) in [5, 5.41) is 2.88. The van der Waals surface area contributed by atoms with Crippen LogP contribution in [-0.2, 0) is 17.8 Å². The van der Waals surface area contributed by atoms with E-state index in [4.69, 9.17) is 11.6 Å². The fourth-order valence-electron chi connectivity index (χ4n) is 2.39. The molecule has 0 aliphatic heterocycles. The molecule has 3 rings (SSSR count). The summed E-state index contributed by atoms with van der Waals surface area (Å²) in [5.41, 5.74) is 2.08. The van der Waals surface area contributed by atoms with E-state index in [-0.39, 0.29) is 35.3 Å². The largest absolute Gasteiger partial charge is 0.350 e. The monoisotopic (exact) mass is 373 g/mol. The molecule has 1 N–H and O–H groups in total. The van der Waals surface area contributed by atoms with Crippen molar-refractivity contribution in [1.82, 2.24) is 15.3 Å². The van der Waals surface area contributed by atoms with Crippen molar-refractivity contribution >= 4 is 17.5 Å². The predicted octanol–water partition coefficient (Wildman–Crippen LogP) is 3.93. The van der Waals surface area contributed by atoms with E-state index >= 15 is 0 Å². The standard InChI is InChI=1S/C19H14ClF2N3O/c20-16-2-1-3-17(22)15(16)9-19(26)23-10-14-8-18(25-11-24-14)12-4-6-13(21)7-5-12/h1-8,11H,9-10H2,(H,23,26). The lowest BCUT2D eigenvalue weighted by molar-refractivity contribution is -0.120. The van der Waals surface area contributed by atoms with Crippen molar-refractivity contribution < 1.29 is 13.6 Å². The predicted molar refractivity (Wildman–Crippen MR) is 94.4 cm³/mol. The lowest BCUT2D eigenvalue weighted by Crippen LogP contribution is -2.25. The number of benzene rings is 2. The number of rotatable bonds is 5. The maximum atomic E-state index is 13.7. The quantitative estimate of drug-likeness (QED) is 0.737. The molecule has 0 fully saturated rings. The van der Waals surface area contributed by atoms with Crippen molar-refractivity contribution in [1.29, 1.82) is 0 Å². The van der Waals surface area contributed by atoms with E-state index in [9.17, 15) is 13.6 Å². The van der Waals surface area contributed by atoms with Gasteiger partial charge in [-0.15, -0.1) is 0 Å². The molecule has 0 aliphatic rings. The topological polar surface area (TPSA) is 54.9 Å². The minimum atomic E-state index is -0.520. The highest BCUT2D eigenvalue weighted by molar-refractivity contribution is 6.31. The van der Waals surface area contributed by atoms with E-state index in [1.54, 1.807) is 18.2 Å². The first-order valence-corrected chi connectivity index (χ1v) is 8.17. The van der Waals surface area contributed by atoms with Gasteiger partial charge in [-0.25, -0.2) is 18.7 Å². The lowest BCUT2D eigenvalue weighted by Gasteiger charge is -2.08. The highest BCUT2D eigenvalue weighted by Gasteiger charge is 2.12. The third kappa shape index (κ3) is 4.40. The van der Waals surface area contributed by atoms with E-state index in [1.807, 2.05) is 0 Å². The van der Waals surface area contributed by atoms with Gasteiger partial charge in [0.2, 0.25) is 5.91 Å². The first kappa shape index (κ1) is 17.9. The van der Waals surface area contributed by atoms with Gasteiger partial charge in [0.05, 0.1) is 24.4 Å². The van der Waals surface area contributed by atoms with Crippen LogP contribution in [0.15, 0.2) is 54.9 Å². The molecule has 0 unspecified atom stereocenters. The van der Waals surface area contributed by atoms with Crippen LogP contribution >= 0.6 is 11.6 Å². The number of nitrogens with one attached hydrogen (secondary N) is 1. The Kier molecular flexibility index (Phi) is 5.53. The molecule has 132 valence electrons. The second-order valence-corrected chi connectivity index (χ2v) is 5.96. The van der Waals surface area contributed by atoms with Crippen molar-refractivity contribution in [2.45, 2.75) is 13.0 Å². The fraction of sp³-hybridized carbons (Fsp3) is 0.105. The molecular formula is C19H14ClF2N3O. The minimum absolute atomic E-state index is 0.154. The van der Waals surface area contributed by atoms with Gasteiger partial charge in [-0.05, 0) is 42.5 Å². The second kappa shape index (κ2) is 8.01. The van der Waals surface area contributed by atoms with Crippen LogP contribution in [0.3, 0.4) is 0 Å². The number of nitrogens with zero attached hydrogens (tertiary/aromatic N) is 2. The Balaban J connectivity index is 1.65. The summed E-state index contributed by atoms with van der Waals surface area (Å²) in [6.45, 7) is 0.154. The lowest BCUT2D eigenvalue weighted by atomic mass is 10.1. The fourth-order valence-corrected chi connectivity index (χ4v) is 2.62. The van der Waals surface area contributed by atoms with E-state index in [0.29, 0.717) is 11.4 Å². The SMILES string of the molecule is O=C(Cc1c(F)cccc1Cl)NCc1cc(-c2ccc(F)cc2)ncn1. The molecule has 1 amide bonds. The summed E-state index contributed by atoms with van der Waals surface area (Å²) in [7, 11) is 0. The van der Waals surface area contributed by atoms with Gasteiger partial charge in [-0.2, -0.15) is 0 Å². The van der Waals surface area contributed by atoms with Gasteiger partial charge < -0.3 is 5.32 Å². The number of hydrogen-bond donors (Lipinski definition) is 1. The zero-order valence-corrected chi connectivity index (χ0v) is 14.3. The molecule has 0 saturated carbocycles. The molecule has 0 radical (unpaired) electrons. The van der Waals surface area contributed by atoms with Crippen molar-refractivity contribution in [2.75, 3.05) is 0 Å². The van der Waals surface area contributed by atoms with Crippen LogP contribution in [0, 0.1) is 11.6 Å². The number of carbonyl (C=O) groups is 1. The Bertz CT molecular complexity index is 912. The van der Waals surface area contributed by atoms with Crippen molar-refractivity contribution in [2.24, 2.45) is 0 Å². The summed E-state index contributed by atoms with van der Waals surface area (Å²) >= 11 is 5.92. The van der Waals surface area contributed by atoms with E-state index in [1.165, 1.54) is 36.7 Å². The van der Waals surface area contributed by atoms with Crippen LogP contribution in [0.25, 0.3) is 11.3 Å². The second-order valence-electron chi connectivity index (χ2n) is 5.56. The van der Waals surface area contributed by atoms with Crippen LogP contribution in [0.2, 0.25) is 5.02 Å². The van der Waals surface area contributed by atoms with Crippen LogP contribution < -0.4 is 5.32 Å². The van der Waals surface area contributed by atoms with Crippen molar-refractivity contribution in [3.05, 3.63) is 82.8 Å². The normalized spacial score (nSPS) is 10.6. The van der Waals surface area contributed by atoms with Gasteiger partial charge >= 0.3 is 0 Å². The van der Waals surface area contributed by atoms with E-state index in [0.717, 1.165) is 5.56 Å². The van der Waals surface area contributed by atoms with Gasteiger partial charge in [0.25, 0.3) is 0 Å². The molecule has 26 heavy (non-hydrogen) atoms. The van der Waals surface area contributed by atoms with Gasteiger partial charge in [-0.3, -0.25) is 4.79 Å². The average molecular weight is 374 g/mol. The van der Waals surface area contributed by atoms with Crippen LogP contribution in [0.5, 0.6) is 0 Å². The Morgan fingerprint density at radius 1 is 1.08 bits per heavy atom. The number of hydrogen-bond acceptors (Lipinski definition) is 3. The first-order chi connectivity index (χ1) is 12.5. The molecule has 7 heteroatoms. The van der Waals surface area contributed by atoms with Crippen molar-refractivity contribution in [3.63, 3.8) is 0 Å². The zero-order chi connectivity index (χ0) is 18.5. The molecule has 3 aromatic rings. The molecule has 0 bridgehead atoms. The molecule has 0 atom stereocenters. The maximum absolute atomic E-state index is 13.7. The summed E-state index contributed by atoms with van der Waals surface area (Å²) in [4.78, 5) is 20.3. The number of halogens is 3. The van der Waals surface area contributed by atoms with E-state index in [2.05, 4.69) is 15.3 Å². The molecule has 0 aliphatic carbocycles. The van der Waals surface area contributed by atoms with Crippen LogP contribution in [-0.4, -0.2) is 15.9 Å². The van der Waals surface area contributed by atoms with Gasteiger partial charge in [-0.1, -0.05) is 17.7 Å². The molecule has 1 heterocycles. The van der Waals surface area contributed by atoms with Crippen LogP contribution in [0.1, 0.15) is 11.3 Å². The number of carbonyl (C=O) groups excluding carboxylic acids is 1. The number of aromatic nitrogens is 2. The van der Waals surface area contributed by atoms with Crippen LogP contribution in [0.4, 0.5) is 8.78 Å². The zero-order valence-electron chi connectivity index (χ0n) is 13.5. The summed E-state index contributed by atoms with van der Waals surface area (Å²) in [5.74, 6) is -1.23. The Hall–Kier alpha value is -2.86.